The van der Waals surface area contributed by atoms with Crippen LogP contribution in [0.15, 0.2) is 30.3 Å². The van der Waals surface area contributed by atoms with Crippen LogP contribution in [-0.2, 0) is 21.7 Å². The Bertz CT molecular complexity index is 139. The van der Waals surface area contributed by atoms with Crippen molar-refractivity contribution in [2.24, 2.45) is 0 Å². The first-order valence-electron chi connectivity index (χ1n) is 2.41. The van der Waals surface area contributed by atoms with Gasteiger partial charge in [-0.15, -0.1) is 12.4 Å². The van der Waals surface area contributed by atoms with E-state index in [2.05, 4.69) is 19.1 Å². The average Bonchev–Trinajstić information content (AvgIpc) is 1.69. The monoisotopic (exact) mass is 176 g/mol. The molecule has 0 aliphatic rings. The van der Waals surface area contributed by atoms with Crippen LogP contribution in [0, 0.1) is 6.92 Å². The van der Waals surface area contributed by atoms with E-state index in [0.29, 0.717) is 0 Å². The third-order valence-corrected chi connectivity index (χ3v) is 0.940. The third-order valence-electron chi connectivity index (χ3n) is 0.940. The molecule has 1 aromatic rings. The van der Waals surface area contributed by atoms with Crippen LogP contribution in [0.1, 0.15) is 5.56 Å². The number of benzene rings is 1. The second-order valence-electron chi connectivity index (χ2n) is 1.65. The molecular formula is C7H9ClTi. The fourth-order valence-electron chi connectivity index (χ4n) is 0.534. The molecule has 0 N–H and O–H groups in total. The van der Waals surface area contributed by atoms with Crippen molar-refractivity contribution in [1.82, 2.24) is 0 Å². The van der Waals surface area contributed by atoms with Crippen LogP contribution in [0.4, 0.5) is 0 Å². The third kappa shape index (κ3) is 4.71. The first-order valence-corrected chi connectivity index (χ1v) is 2.41. The van der Waals surface area contributed by atoms with Crippen molar-refractivity contribution in [3.05, 3.63) is 35.9 Å². The quantitative estimate of drug-likeness (QED) is 0.533. The predicted octanol–water partition coefficient (Wildman–Crippen LogP) is 2.41. The molecular weight excluding hydrogens is 167 g/mol. The Balaban J connectivity index is 0. The molecule has 0 unspecified atom stereocenters. The van der Waals surface area contributed by atoms with Gasteiger partial charge >= 0.3 is 0 Å². The van der Waals surface area contributed by atoms with Crippen LogP contribution < -0.4 is 0 Å². The van der Waals surface area contributed by atoms with Crippen molar-refractivity contribution in [2.75, 3.05) is 0 Å². The maximum absolute atomic E-state index is 2.08. The smallest absolute Gasteiger partial charge is 0 e. The van der Waals surface area contributed by atoms with Crippen LogP contribution in [0.3, 0.4) is 0 Å². The van der Waals surface area contributed by atoms with Gasteiger partial charge in [-0.2, -0.15) is 0 Å². The maximum Gasteiger partial charge on any atom is 0 e. The zero-order valence-electron chi connectivity index (χ0n) is 5.29. The fraction of sp³-hybridized carbons (Fsp3) is 0.143. The van der Waals surface area contributed by atoms with Crippen molar-refractivity contribution in [3.63, 3.8) is 0 Å². The van der Waals surface area contributed by atoms with Gasteiger partial charge in [0, 0.05) is 21.7 Å². The standard InChI is InChI=1S/C7H8.ClH.Ti/c1-7-5-3-2-4-6-7;;/h2-6H,1H3;1H;. The summed E-state index contributed by atoms with van der Waals surface area (Å²) in [5, 5.41) is 0. The molecule has 0 atom stereocenters. The van der Waals surface area contributed by atoms with E-state index in [9.17, 15) is 0 Å². The SMILES string of the molecule is Cc1ccccc1.Cl.[Ti]. The van der Waals surface area contributed by atoms with Crippen LogP contribution in [-0.4, -0.2) is 0 Å². The van der Waals surface area contributed by atoms with E-state index in [0.717, 1.165) is 0 Å². The first kappa shape index (κ1) is 12.0. The van der Waals surface area contributed by atoms with E-state index < -0.39 is 0 Å². The van der Waals surface area contributed by atoms with Gasteiger partial charge in [-0.1, -0.05) is 35.9 Å². The van der Waals surface area contributed by atoms with E-state index in [1.165, 1.54) is 5.56 Å². The van der Waals surface area contributed by atoms with Gasteiger partial charge in [0.05, 0.1) is 0 Å². The molecule has 9 heavy (non-hydrogen) atoms. The summed E-state index contributed by atoms with van der Waals surface area (Å²) in [5.41, 5.74) is 1.32. The van der Waals surface area contributed by atoms with Crippen molar-refractivity contribution in [2.45, 2.75) is 6.92 Å². The number of rotatable bonds is 0. The molecule has 1 rings (SSSR count). The van der Waals surface area contributed by atoms with E-state index in [-0.39, 0.29) is 34.1 Å². The minimum atomic E-state index is 0. The molecule has 0 aromatic heterocycles. The molecule has 0 amide bonds. The molecule has 48 valence electrons. The van der Waals surface area contributed by atoms with E-state index in [1.54, 1.807) is 0 Å². The van der Waals surface area contributed by atoms with Crippen molar-refractivity contribution < 1.29 is 21.7 Å². The Morgan fingerprint density at radius 3 is 1.67 bits per heavy atom. The summed E-state index contributed by atoms with van der Waals surface area (Å²) in [5.74, 6) is 0. The molecule has 0 saturated carbocycles. The van der Waals surface area contributed by atoms with Crippen molar-refractivity contribution in [1.29, 1.82) is 0 Å². The summed E-state index contributed by atoms with van der Waals surface area (Å²) in [7, 11) is 0. The molecule has 0 saturated heterocycles. The number of hydrogen-bond acceptors (Lipinski definition) is 0. The molecule has 0 aliphatic heterocycles. The molecule has 0 bridgehead atoms. The predicted molar refractivity (Wildman–Crippen MR) is 38.4 cm³/mol. The zero-order valence-corrected chi connectivity index (χ0v) is 7.67. The average molecular weight is 176 g/mol. The van der Waals surface area contributed by atoms with Gasteiger partial charge in [-0.05, 0) is 6.92 Å². The molecule has 0 fully saturated rings. The van der Waals surface area contributed by atoms with Crippen molar-refractivity contribution >= 4 is 12.4 Å². The Hall–Kier alpha value is 0.224. The molecule has 0 heterocycles. The summed E-state index contributed by atoms with van der Waals surface area (Å²) in [6.07, 6.45) is 0. The van der Waals surface area contributed by atoms with Crippen LogP contribution in [0.5, 0.6) is 0 Å². The van der Waals surface area contributed by atoms with Crippen molar-refractivity contribution in [3.8, 4) is 0 Å². The summed E-state index contributed by atoms with van der Waals surface area (Å²) >= 11 is 0. The topological polar surface area (TPSA) is 0 Å². The largest absolute Gasteiger partial charge is 0.147 e. The summed E-state index contributed by atoms with van der Waals surface area (Å²) in [6, 6.07) is 10.3. The molecule has 0 spiro atoms. The normalized spacial score (nSPS) is 6.78. The van der Waals surface area contributed by atoms with Gasteiger partial charge in [0.25, 0.3) is 0 Å². The second kappa shape index (κ2) is 6.35. The molecule has 2 heteroatoms. The zero-order chi connectivity index (χ0) is 5.11. The van der Waals surface area contributed by atoms with Crippen LogP contribution >= 0.6 is 12.4 Å². The van der Waals surface area contributed by atoms with Gasteiger partial charge in [0.2, 0.25) is 0 Å². The van der Waals surface area contributed by atoms with Gasteiger partial charge < -0.3 is 0 Å². The van der Waals surface area contributed by atoms with E-state index in [4.69, 9.17) is 0 Å². The summed E-state index contributed by atoms with van der Waals surface area (Å²) in [6.45, 7) is 2.08. The number of aryl methyl sites for hydroxylation is 1. The molecule has 0 nitrogen and oxygen atoms in total. The minimum Gasteiger partial charge on any atom is -0.147 e. The van der Waals surface area contributed by atoms with E-state index >= 15 is 0 Å². The van der Waals surface area contributed by atoms with E-state index in [1.807, 2.05) is 18.2 Å². The fourth-order valence-corrected chi connectivity index (χ4v) is 0.534. The van der Waals surface area contributed by atoms with Crippen LogP contribution in [0.25, 0.3) is 0 Å². The first-order chi connectivity index (χ1) is 3.39. The maximum atomic E-state index is 2.08. The Morgan fingerprint density at radius 1 is 1.00 bits per heavy atom. The van der Waals surface area contributed by atoms with Gasteiger partial charge in [0.1, 0.15) is 0 Å². The minimum absolute atomic E-state index is 0. The summed E-state index contributed by atoms with van der Waals surface area (Å²) < 4.78 is 0. The Kier molecular flexibility index (Phi) is 8.43. The van der Waals surface area contributed by atoms with Gasteiger partial charge in [-0.25, -0.2) is 0 Å². The molecule has 0 aliphatic carbocycles. The Morgan fingerprint density at radius 2 is 1.44 bits per heavy atom. The second-order valence-corrected chi connectivity index (χ2v) is 1.65. The number of hydrogen-bond donors (Lipinski definition) is 0. The summed E-state index contributed by atoms with van der Waals surface area (Å²) in [4.78, 5) is 0. The molecule has 1 aromatic carbocycles. The Labute approximate surface area is 77.0 Å². The number of halogens is 1. The van der Waals surface area contributed by atoms with Gasteiger partial charge in [0.15, 0.2) is 0 Å². The van der Waals surface area contributed by atoms with Crippen LogP contribution in [0.2, 0.25) is 0 Å². The van der Waals surface area contributed by atoms with Gasteiger partial charge in [-0.3, -0.25) is 0 Å². The molecule has 0 radical (unpaired) electrons.